The summed E-state index contributed by atoms with van der Waals surface area (Å²) >= 11 is 3.38. The predicted molar refractivity (Wildman–Crippen MR) is 109 cm³/mol. The molecule has 0 aliphatic rings. The highest BCUT2D eigenvalue weighted by molar-refractivity contribution is 9.10. The summed E-state index contributed by atoms with van der Waals surface area (Å²) in [5.74, 6) is 0.925. The van der Waals surface area contributed by atoms with Crippen molar-refractivity contribution >= 4 is 38.0 Å². The molecular formula is C20H16BrNO4S. The largest absolute Gasteiger partial charge is 0.497 e. The molecule has 0 saturated heterocycles. The van der Waals surface area contributed by atoms with Gasteiger partial charge in [0.25, 0.3) is 0 Å². The molecule has 3 aromatic carbocycles. The lowest BCUT2D eigenvalue weighted by atomic mass is 10.2. The van der Waals surface area contributed by atoms with Crippen LogP contribution in [-0.4, -0.2) is 21.7 Å². The van der Waals surface area contributed by atoms with E-state index < -0.39 is 10.1 Å². The van der Waals surface area contributed by atoms with E-state index in [0.717, 1.165) is 10.2 Å². The molecule has 0 heterocycles. The van der Waals surface area contributed by atoms with E-state index in [1.54, 1.807) is 74.0 Å². The van der Waals surface area contributed by atoms with Crippen LogP contribution in [0.25, 0.3) is 0 Å². The third-order valence-electron chi connectivity index (χ3n) is 3.63. The molecule has 0 radical (unpaired) electrons. The second-order valence-electron chi connectivity index (χ2n) is 5.49. The second-order valence-corrected chi connectivity index (χ2v) is 7.95. The quantitative estimate of drug-likeness (QED) is 0.396. The highest BCUT2D eigenvalue weighted by Gasteiger charge is 2.17. The molecule has 5 nitrogen and oxygen atoms in total. The molecule has 138 valence electrons. The standard InChI is InChI=1S/C20H16BrNO4S/c1-25-18-10-8-17(9-11-18)22-14-15-13-16(21)7-12-20(15)26-27(23,24)19-5-3-2-4-6-19/h2-14H,1H3. The summed E-state index contributed by atoms with van der Waals surface area (Å²) in [6.07, 6.45) is 1.56. The van der Waals surface area contributed by atoms with E-state index in [2.05, 4.69) is 20.9 Å². The van der Waals surface area contributed by atoms with Crippen LogP contribution in [0.3, 0.4) is 0 Å². The third-order valence-corrected chi connectivity index (χ3v) is 5.37. The van der Waals surface area contributed by atoms with Crippen molar-refractivity contribution < 1.29 is 17.3 Å². The van der Waals surface area contributed by atoms with Crippen molar-refractivity contribution in [2.75, 3.05) is 7.11 Å². The Balaban J connectivity index is 1.90. The number of nitrogens with zero attached hydrogens (tertiary/aromatic N) is 1. The van der Waals surface area contributed by atoms with Gasteiger partial charge in [-0.15, -0.1) is 0 Å². The van der Waals surface area contributed by atoms with Crippen LogP contribution in [0.4, 0.5) is 5.69 Å². The van der Waals surface area contributed by atoms with Crippen LogP contribution >= 0.6 is 15.9 Å². The molecule has 0 aromatic heterocycles. The van der Waals surface area contributed by atoms with E-state index in [0.29, 0.717) is 11.3 Å². The van der Waals surface area contributed by atoms with Gasteiger partial charge in [0.05, 0.1) is 12.8 Å². The molecule has 0 fully saturated rings. The van der Waals surface area contributed by atoms with Crippen molar-refractivity contribution in [3.05, 3.63) is 82.8 Å². The number of methoxy groups -OCH3 is 1. The average Bonchev–Trinajstić information content (AvgIpc) is 2.69. The van der Waals surface area contributed by atoms with Crippen molar-refractivity contribution in [3.8, 4) is 11.5 Å². The van der Waals surface area contributed by atoms with Crippen molar-refractivity contribution in [3.63, 3.8) is 0 Å². The molecule has 0 unspecified atom stereocenters. The van der Waals surface area contributed by atoms with Gasteiger partial charge in [0.2, 0.25) is 0 Å². The van der Waals surface area contributed by atoms with Crippen LogP contribution in [0.2, 0.25) is 0 Å². The van der Waals surface area contributed by atoms with Gasteiger partial charge < -0.3 is 8.92 Å². The molecule has 0 aliphatic heterocycles. The van der Waals surface area contributed by atoms with Crippen molar-refractivity contribution in [1.29, 1.82) is 0 Å². The molecule has 0 aliphatic carbocycles. The van der Waals surface area contributed by atoms with Crippen LogP contribution < -0.4 is 8.92 Å². The van der Waals surface area contributed by atoms with Gasteiger partial charge in [-0.05, 0) is 54.6 Å². The van der Waals surface area contributed by atoms with Gasteiger partial charge in [0, 0.05) is 16.3 Å². The van der Waals surface area contributed by atoms with Crippen LogP contribution in [0.1, 0.15) is 5.56 Å². The zero-order chi connectivity index (χ0) is 19.3. The maximum atomic E-state index is 12.5. The molecule has 0 atom stereocenters. The highest BCUT2D eigenvalue weighted by Crippen LogP contribution is 2.26. The van der Waals surface area contributed by atoms with Gasteiger partial charge in [0.15, 0.2) is 5.75 Å². The molecule has 0 amide bonds. The zero-order valence-electron chi connectivity index (χ0n) is 14.4. The number of hydrogen-bond donors (Lipinski definition) is 0. The van der Waals surface area contributed by atoms with E-state index in [1.165, 1.54) is 12.1 Å². The molecule has 7 heteroatoms. The maximum absolute atomic E-state index is 12.5. The SMILES string of the molecule is COc1ccc(N=Cc2cc(Br)ccc2OS(=O)(=O)c2ccccc2)cc1. The van der Waals surface area contributed by atoms with Gasteiger partial charge in [-0.25, -0.2) is 0 Å². The molecule has 3 aromatic rings. The van der Waals surface area contributed by atoms with E-state index in [9.17, 15) is 8.42 Å². The fraction of sp³-hybridized carbons (Fsp3) is 0.0500. The summed E-state index contributed by atoms with van der Waals surface area (Å²) in [7, 11) is -2.34. The van der Waals surface area contributed by atoms with Crippen LogP contribution in [-0.2, 0) is 10.1 Å². The Hall–Kier alpha value is -2.64. The lowest BCUT2D eigenvalue weighted by Crippen LogP contribution is -2.10. The number of halogens is 1. The van der Waals surface area contributed by atoms with E-state index in [4.69, 9.17) is 8.92 Å². The Labute approximate surface area is 166 Å². The number of benzene rings is 3. The first-order valence-electron chi connectivity index (χ1n) is 7.95. The Morgan fingerprint density at radius 3 is 2.33 bits per heavy atom. The van der Waals surface area contributed by atoms with Gasteiger partial charge >= 0.3 is 10.1 Å². The normalized spacial score (nSPS) is 11.5. The van der Waals surface area contributed by atoms with E-state index in [1.807, 2.05) is 0 Å². The topological polar surface area (TPSA) is 65.0 Å². The van der Waals surface area contributed by atoms with Crippen molar-refractivity contribution in [2.45, 2.75) is 4.90 Å². The van der Waals surface area contributed by atoms with Gasteiger partial charge in [0.1, 0.15) is 10.6 Å². The first kappa shape index (κ1) is 19.1. The van der Waals surface area contributed by atoms with Gasteiger partial charge in [-0.2, -0.15) is 8.42 Å². The lowest BCUT2D eigenvalue weighted by molar-refractivity contribution is 0.415. The first-order chi connectivity index (χ1) is 13.0. The Bertz CT molecular complexity index is 1050. The number of aliphatic imine (C=N–C) groups is 1. The smallest absolute Gasteiger partial charge is 0.339 e. The van der Waals surface area contributed by atoms with Crippen molar-refractivity contribution in [2.24, 2.45) is 4.99 Å². The molecule has 0 spiro atoms. The zero-order valence-corrected chi connectivity index (χ0v) is 16.8. The average molecular weight is 446 g/mol. The predicted octanol–water partition coefficient (Wildman–Crippen LogP) is 4.98. The summed E-state index contributed by atoms with van der Waals surface area (Å²) in [6.45, 7) is 0. The summed E-state index contributed by atoms with van der Waals surface area (Å²) in [5.41, 5.74) is 1.23. The fourth-order valence-electron chi connectivity index (χ4n) is 2.26. The fourth-order valence-corrected chi connectivity index (χ4v) is 3.62. The highest BCUT2D eigenvalue weighted by atomic mass is 79.9. The molecule has 3 rings (SSSR count). The van der Waals surface area contributed by atoms with Crippen LogP contribution in [0, 0.1) is 0 Å². The van der Waals surface area contributed by atoms with E-state index >= 15 is 0 Å². The molecule has 27 heavy (non-hydrogen) atoms. The summed E-state index contributed by atoms with van der Waals surface area (Å²) in [5, 5.41) is 0. The monoisotopic (exact) mass is 445 g/mol. The Morgan fingerprint density at radius 1 is 0.963 bits per heavy atom. The third kappa shape index (κ3) is 4.96. The number of hydrogen-bond acceptors (Lipinski definition) is 5. The minimum atomic E-state index is -3.93. The second kappa shape index (κ2) is 8.37. The Kier molecular flexibility index (Phi) is 5.93. The Morgan fingerprint density at radius 2 is 1.67 bits per heavy atom. The van der Waals surface area contributed by atoms with Gasteiger partial charge in [-0.3, -0.25) is 4.99 Å². The van der Waals surface area contributed by atoms with Crippen LogP contribution in [0.5, 0.6) is 11.5 Å². The summed E-state index contributed by atoms with van der Waals surface area (Å²) < 4.78 is 36.2. The maximum Gasteiger partial charge on any atom is 0.339 e. The van der Waals surface area contributed by atoms with Crippen LogP contribution in [0.15, 0.2) is 87.2 Å². The van der Waals surface area contributed by atoms with E-state index in [-0.39, 0.29) is 10.6 Å². The summed E-state index contributed by atoms with van der Waals surface area (Å²) in [4.78, 5) is 4.47. The first-order valence-corrected chi connectivity index (χ1v) is 10.2. The minimum absolute atomic E-state index is 0.0889. The number of rotatable bonds is 6. The molecule has 0 N–H and O–H groups in total. The van der Waals surface area contributed by atoms with Gasteiger partial charge in [-0.1, -0.05) is 34.1 Å². The minimum Gasteiger partial charge on any atom is -0.497 e. The summed E-state index contributed by atoms with van der Waals surface area (Å²) in [6, 6.07) is 20.2. The molecule has 0 saturated carbocycles. The number of ether oxygens (including phenoxy) is 1. The lowest BCUT2D eigenvalue weighted by Gasteiger charge is -2.10. The molecular weight excluding hydrogens is 430 g/mol. The molecule has 0 bridgehead atoms. The van der Waals surface area contributed by atoms with Crippen molar-refractivity contribution in [1.82, 2.24) is 0 Å².